The van der Waals surface area contributed by atoms with Crippen LogP contribution in [0, 0.1) is 0 Å². The molecule has 0 radical (unpaired) electrons. The predicted octanol–water partition coefficient (Wildman–Crippen LogP) is 1.29. The van der Waals surface area contributed by atoms with Gasteiger partial charge in [-0.15, -0.1) is 0 Å². The highest BCUT2D eigenvalue weighted by molar-refractivity contribution is 5.84. The smallest absolute Gasteiger partial charge is 0.245 e. The van der Waals surface area contributed by atoms with Crippen LogP contribution in [0.1, 0.15) is 37.7 Å². The van der Waals surface area contributed by atoms with Crippen LogP contribution >= 0.6 is 0 Å². The van der Waals surface area contributed by atoms with Gasteiger partial charge in [-0.1, -0.05) is 30.3 Å². The average molecular weight is 331 g/mol. The van der Waals surface area contributed by atoms with Gasteiger partial charge in [-0.25, -0.2) is 0 Å². The van der Waals surface area contributed by atoms with Gasteiger partial charge in [0.1, 0.15) is 6.04 Å². The molecule has 1 fully saturated rings. The van der Waals surface area contributed by atoms with Gasteiger partial charge in [-0.2, -0.15) is 0 Å². The van der Waals surface area contributed by atoms with Gasteiger partial charge in [-0.05, 0) is 31.2 Å². The maximum Gasteiger partial charge on any atom is 0.245 e. The molecule has 1 unspecified atom stereocenters. The number of nitrogens with zero attached hydrogens (tertiary/aromatic N) is 2. The molecule has 1 heterocycles. The molecule has 1 aromatic rings. The molecule has 6 nitrogen and oxygen atoms in total. The molecular weight excluding hydrogens is 306 g/mol. The minimum absolute atomic E-state index is 0.0115. The van der Waals surface area contributed by atoms with Crippen LogP contribution in [0.25, 0.3) is 0 Å². The first kappa shape index (κ1) is 18.0. The number of nitrogens with two attached hydrogens (primary N) is 1. The van der Waals surface area contributed by atoms with E-state index in [4.69, 9.17) is 5.73 Å². The first-order valence-corrected chi connectivity index (χ1v) is 8.44. The number of hydrogen-bond acceptors (Lipinski definition) is 3. The zero-order valence-corrected chi connectivity index (χ0v) is 13.9. The van der Waals surface area contributed by atoms with Crippen molar-refractivity contribution >= 4 is 18.2 Å². The van der Waals surface area contributed by atoms with E-state index in [1.807, 2.05) is 30.3 Å². The van der Waals surface area contributed by atoms with Crippen molar-refractivity contribution in [3.05, 3.63) is 35.9 Å². The number of likely N-dealkylation sites (tertiary alicyclic amines) is 1. The average Bonchev–Trinajstić information content (AvgIpc) is 3.06. The molecule has 0 bridgehead atoms. The number of benzene rings is 1. The number of primary amides is 1. The van der Waals surface area contributed by atoms with Crippen molar-refractivity contribution in [1.29, 1.82) is 0 Å². The third kappa shape index (κ3) is 5.08. The third-order valence-electron chi connectivity index (χ3n) is 4.34. The lowest BCUT2D eigenvalue weighted by atomic mass is 10.1. The van der Waals surface area contributed by atoms with Crippen LogP contribution in [-0.4, -0.2) is 47.2 Å². The van der Waals surface area contributed by atoms with Gasteiger partial charge in [0.05, 0.1) is 0 Å². The monoisotopic (exact) mass is 331 g/mol. The topological polar surface area (TPSA) is 83.7 Å². The lowest BCUT2D eigenvalue weighted by Gasteiger charge is -2.29. The molecule has 2 rings (SSSR count). The van der Waals surface area contributed by atoms with E-state index >= 15 is 0 Å². The predicted molar refractivity (Wildman–Crippen MR) is 90.7 cm³/mol. The van der Waals surface area contributed by atoms with Crippen molar-refractivity contribution in [3.63, 3.8) is 0 Å². The van der Waals surface area contributed by atoms with E-state index in [0.717, 1.165) is 24.8 Å². The summed E-state index contributed by atoms with van der Waals surface area (Å²) in [5.74, 6) is -0.332. The molecule has 24 heavy (non-hydrogen) atoms. The SMILES string of the molecule is NC(=O)CCCCN(Cc1ccccc1)C(=O)C1CCCN1C=O. The zero-order chi connectivity index (χ0) is 17.4. The highest BCUT2D eigenvalue weighted by Crippen LogP contribution is 2.19. The zero-order valence-electron chi connectivity index (χ0n) is 13.9. The summed E-state index contributed by atoms with van der Waals surface area (Å²) in [5.41, 5.74) is 6.22. The van der Waals surface area contributed by atoms with Gasteiger partial charge in [0.25, 0.3) is 0 Å². The molecule has 2 N–H and O–H groups in total. The summed E-state index contributed by atoms with van der Waals surface area (Å²) in [7, 11) is 0. The Bertz CT molecular complexity index is 562. The molecule has 0 saturated carbocycles. The van der Waals surface area contributed by atoms with Gasteiger partial charge in [0.15, 0.2) is 0 Å². The number of hydrogen-bond donors (Lipinski definition) is 1. The number of amides is 3. The van der Waals surface area contributed by atoms with Gasteiger partial charge in [-0.3, -0.25) is 14.4 Å². The van der Waals surface area contributed by atoms with Crippen LogP contribution in [0.5, 0.6) is 0 Å². The normalized spacial score (nSPS) is 16.8. The summed E-state index contributed by atoms with van der Waals surface area (Å²) in [6.45, 7) is 1.71. The molecule has 1 aromatic carbocycles. The number of carbonyl (C=O) groups is 3. The highest BCUT2D eigenvalue weighted by Gasteiger charge is 2.32. The summed E-state index contributed by atoms with van der Waals surface area (Å²) in [6.07, 6.45) is 4.05. The van der Waals surface area contributed by atoms with E-state index in [0.29, 0.717) is 38.9 Å². The molecule has 1 saturated heterocycles. The van der Waals surface area contributed by atoms with E-state index < -0.39 is 0 Å². The minimum Gasteiger partial charge on any atom is -0.370 e. The molecule has 3 amide bonds. The summed E-state index contributed by atoms with van der Waals surface area (Å²) < 4.78 is 0. The maximum atomic E-state index is 12.9. The van der Waals surface area contributed by atoms with E-state index in [-0.39, 0.29) is 17.9 Å². The quantitative estimate of drug-likeness (QED) is 0.547. The minimum atomic E-state index is -0.359. The Kier molecular flexibility index (Phi) is 6.78. The van der Waals surface area contributed by atoms with Crippen molar-refractivity contribution in [2.75, 3.05) is 13.1 Å². The second-order valence-electron chi connectivity index (χ2n) is 6.17. The molecule has 1 atom stereocenters. The Balaban J connectivity index is 2.01. The summed E-state index contributed by atoms with van der Waals surface area (Å²) in [6, 6.07) is 9.43. The van der Waals surface area contributed by atoms with Crippen LogP contribution in [0.3, 0.4) is 0 Å². The van der Waals surface area contributed by atoms with Crippen molar-refractivity contribution in [2.45, 2.75) is 44.7 Å². The third-order valence-corrected chi connectivity index (χ3v) is 4.34. The molecule has 6 heteroatoms. The lowest BCUT2D eigenvalue weighted by molar-refractivity contribution is -0.139. The summed E-state index contributed by atoms with van der Waals surface area (Å²) >= 11 is 0. The fourth-order valence-corrected chi connectivity index (χ4v) is 3.06. The number of unbranched alkanes of at least 4 members (excludes halogenated alkanes) is 1. The van der Waals surface area contributed by atoms with Crippen molar-refractivity contribution in [2.24, 2.45) is 5.73 Å². The summed E-state index contributed by atoms with van der Waals surface area (Å²) in [5, 5.41) is 0. The fourth-order valence-electron chi connectivity index (χ4n) is 3.06. The molecule has 1 aliphatic rings. The van der Waals surface area contributed by atoms with E-state index in [2.05, 4.69) is 0 Å². The van der Waals surface area contributed by atoms with Crippen LogP contribution in [0.4, 0.5) is 0 Å². The van der Waals surface area contributed by atoms with Crippen molar-refractivity contribution in [3.8, 4) is 0 Å². The number of carbonyl (C=O) groups excluding carboxylic acids is 3. The lowest BCUT2D eigenvalue weighted by Crippen LogP contribution is -2.45. The molecule has 130 valence electrons. The van der Waals surface area contributed by atoms with Crippen LogP contribution in [0.15, 0.2) is 30.3 Å². The molecule has 0 aliphatic carbocycles. The highest BCUT2D eigenvalue weighted by atomic mass is 16.2. The second-order valence-corrected chi connectivity index (χ2v) is 6.17. The van der Waals surface area contributed by atoms with Crippen LogP contribution < -0.4 is 5.73 Å². The Morgan fingerprint density at radius 3 is 2.67 bits per heavy atom. The largest absolute Gasteiger partial charge is 0.370 e. The summed E-state index contributed by atoms with van der Waals surface area (Å²) in [4.78, 5) is 38.3. The molecular formula is C18H25N3O3. The van der Waals surface area contributed by atoms with Gasteiger partial charge in [0.2, 0.25) is 18.2 Å². The van der Waals surface area contributed by atoms with E-state index in [1.54, 1.807) is 9.80 Å². The Hall–Kier alpha value is -2.37. The van der Waals surface area contributed by atoms with E-state index in [1.165, 1.54) is 0 Å². The molecule has 0 spiro atoms. The Labute approximate surface area is 142 Å². The first-order chi connectivity index (χ1) is 11.6. The standard InChI is InChI=1S/C18H25N3O3/c19-17(23)10-4-5-11-20(13-15-7-2-1-3-8-15)18(24)16-9-6-12-21(16)14-22/h1-3,7-8,14,16H,4-6,9-13H2,(H2,19,23). The fraction of sp³-hybridized carbons (Fsp3) is 0.500. The van der Waals surface area contributed by atoms with Crippen LogP contribution in [-0.2, 0) is 20.9 Å². The Morgan fingerprint density at radius 1 is 1.25 bits per heavy atom. The van der Waals surface area contributed by atoms with E-state index in [9.17, 15) is 14.4 Å². The first-order valence-electron chi connectivity index (χ1n) is 8.44. The molecule has 1 aliphatic heterocycles. The number of rotatable bonds is 9. The van der Waals surface area contributed by atoms with Gasteiger partial charge < -0.3 is 15.5 Å². The second kappa shape index (κ2) is 9.05. The molecule has 0 aromatic heterocycles. The van der Waals surface area contributed by atoms with Gasteiger partial charge in [0, 0.05) is 26.1 Å². The Morgan fingerprint density at radius 2 is 2.00 bits per heavy atom. The van der Waals surface area contributed by atoms with Crippen molar-refractivity contribution < 1.29 is 14.4 Å². The van der Waals surface area contributed by atoms with Gasteiger partial charge >= 0.3 is 0 Å². The maximum absolute atomic E-state index is 12.9. The van der Waals surface area contributed by atoms with Crippen molar-refractivity contribution in [1.82, 2.24) is 9.80 Å². The van der Waals surface area contributed by atoms with Crippen LogP contribution in [0.2, 0.25) is 0 Å².